The van der Waals surface area contributed by atoms with E-state index in [0.717, 1.165) is 23.3 Å². The molecule has 2 amide bonds. The summed E-state index contributed by atoms with van der Waals surface area (Å²) in [6, 6.07) is 5.95. The average Bonchev–Trinajstić information content (AvgIpc) is 3.02. The van der Waals surface area contributed by atoms with Crippen molar-refractivity contribution in [2.24, 2.45) is 0 Å². The highest BCUT2D eigenvalue weighted by Crippen LogP contribution is 2.31. The molecular formula is C19H28N2O4. The molecule has 0 saturated carbocycles. The predicted molar refractivity (Wildman–Crippen MR) is 95.6 cm³/mol. The second-order valence-electron chi connectivity index (χ2n) is 6.51. The number of nitrogens with one attached hydrogen (secondary N) is 1. The Balaban J connectivity index is 2.03. The molecule has 138 valence electrons. The number of hydrogen-bond donors (Lipinski definition) is 1. The molecule has 1 unspecified atom stereocenters. The molecule has 1 aliphatic heterocycles. The number of likely N-dealkylation sites (N-methyl/N-ethyl adjacent to an activating group) is 1. The molecule has 1 aromatic rings. The number of methoxy groups -OCH3 is 1. The van der Waals surface area contributed by atoms with E-state index >= 15 is 0 Å². The van der Waals surface area contributed by atoms with E-state index in [4.69, 9.17) is 9.47 Å². The van der Waals surface area contributed by atoms with E-state index in [0.29, 0.717) is 13.0 Å². The molecule has 1 aliphatic rings. The van der Waals surface area contributed by atoms with Crippen LogP contribution in [0.25, 0.3) is 0 Å². The highest BCUT2D eigenvalue weighted by Gasteiger charge is 2.49. The molecule has 0 spiro atoms. The van der Waals surface area contributed by atoms with E-state index in [9.17, 15) is 9.59 Å². The fourth-order valence-corrected chi connectivity index (χ4v) is 3.57. The van der Waals surface area contributed by atoms with Crippen molar-refractivity contribution in [3.63, 3.8) is 0 Å². The number of benzene rings is 1. The van der Waals surface area contributed by atoms with Gasteiger partial charge in [-0.2, -0.15) is 0 Å². The van der Waals surface area contributed by atoms with Gasteiger partial charge in [0, 0.05) is 20.7 Å². The molecule has 1 N–H and O–H groups in total. The van der Waals surface area contributed by atoms with Crippen LogP contribution in [0.1, 0.15) is 30.4 Å². The van der Waals surface area contributed by atoms with Crippen LogP contribution in [0.4, 0.5) is 0 Å². The number of hydrogen-bond acceptors (Lipinski definition) is 4. The summed E-state index contributed by atoms with van der Waals surface area (Å²) in [6.07, 6.45) is 1.64. The lowest BCUT2D eigenvalue weighted by molar-refractivity contribution is -0.148. The van der Waals surface area contributed by atoms with E-state index in [-0.39, 0.29) is 31.4 Å². The van der Waals surface area contributed by atoms with Crippen LogP contribution in [0.2, 0.25) is 0 Å². The summed E-state index contributed by atoms with van der Waals surface area (Å²) >= 11 is 0. The number of carbonyl (C=O) groups is 2. The Morgan fingerprint density at radius 1 is 1.28 bits per heavy atom. The second-order valence-corrected chi connectivity index (χ2v) is 6.51. The molecule has 0 aromatic heterocycles. The van der Waals surface area contributed by atoms with Crippen LogP contribution in [-0.4, -0.2) is 56.2 Å². The zero-order chi connectivity index (χ0) is 18.4. The second kappa shape index (κ2) is 8.34. The lowest BCUT2D eigenvalue weighted by Crippen LogP contribution is -2.59. The predicted octanol–water partition coefficient (Wildman–Crippen LogP) is 1.83. The monoisotopic (exact) mass is 348 g/mol. The maximum absolute atomic E-state index is 12.7. The number of para-hydroxylation sites is 1. The van der Waals surface area contributed by atoms with Gasteiger partial charge in [0.15, 0.2) is 0 Å². The fourth-order valence-electron chi connectivity index (χ4n) is 3.57. The Kier molecular flexibility index (Phi) is 6.42. The summed E-state index contributed by atoms with van der Waals surface area (Å²) in [6.45, 7) is 5.03. The minimum atomic E-state index is -0.904. The molecule has 1 saturated heterocycles. The molecule has 1 fully saturated rings. The van der Waals surface area contributed by atoms with Gasteiger partial charge in [-0.1, -0.05) is 18.2 Å². The largest absolute Gasteiger partial charge is 0.493 e. The number of carbonyl (C=O) groups excluding carboxylic acids is 2. The van der Waals surface area contributed by atoms with Gasteiger partial charge in [0.25, 0.3) is 0 Å². The fraction of sp³-hybridized carbons (Fsp3) is 0.579. The van der Waals surface area contributed by atoms with Gasteiger partial charge in [-0.25, -0.2) is 0 Å². The van der Waals surface area contributed by atoms with Gasteiger partial charge in [0.2, 0.25) is 11.8 Å². The van der Waals surface area contributed by atoms with Crippen LogP contribution in [0.3, 0.4) is 0 Å². The third-order valence-corrected chi connectivity index (χ3v) is 4.79. The number of rotatable bonds is 7. The number of aryl methyl sites for hydroxylation is 2. The maximum atomic E-state index is 12.7. The molecule has 1 heterocycles. The summed E-state index contributed by atoms with van der Waals surface area (Å²) in [5.74, 6) is 0.575. The quantitative estimate of drug-likeness (QED) is 0.816. The first-order valence-electron chi connectivity index (χ1n) is 8.67. The SMILES string of the molecule is CNC(=O)C1(COC)CCCN1C(=O)CCOc1c(C)cccc1C. The molecule has 0 radical (unpaired) electrons. The molecule has 6 heteroatoms. The van der Waals surface area contributed by atoms with E-state index in [1.54, 1.807) is 19.1 Å². The molecule has 1 atom stereocenters. The van der Waals surface area contributed by atoms with Crippen molar-refractivity contribution in [3.8, 4) is 5.75 Å². The Morgan fingerprint density at radius 2 is 1.96 bits per heavy atom. The van der Waals surface area contributed by atoms with Crippen LogP contribution in [0.5, 0.6) is 5.75 Å². The third kappa shape index (κ3) is 3.95. The maximum Gasteiger partial charge on any atom is 0.248 e. The van der Waals surface area contributed by atoms with Gasteiger partial charge in [-0.05, 0) is 37.8 Å². The molecule has 0 aliphatic carbocycles. The zero-order valence-electron chi connectivity index (χ0n) is 15.6. The lowest BCUT2D eigenvalue weighted by Gasteiger charge is -2.36. The Labute approximate surface area is 149 Å². The van der Waals surface area contributed by atoms with Crippen LogP contribution in [0.15, 0.2) is 18.2 Å². The van der Waals surface area contributed by atoms with Gasteiger partial charge < -0.3 is 19.7 Å². The average molecular weight is 348 g/mol. The van der Waals surface area contributed by atoms with E-state index in [2.05, 4.69) is 5.32 Å². The first kappa shape index (κ1) is 19.2. The number of amides is 2. The summed E-state index contributed by atoms with van der Waals surface area (Å²) in [7, 11) is 3.14. The lowest BCUT2D eigenvalue weighted by atomic mass is 9.95. The van der Waals surface area contributed by atoms with Crippen molar-refractivity contribution < 1.29 is 19.1 Å². The van der Waals surface area contributed by atoms with Crippen molar-refractivity contribution in [2.45, 2.75) is 38.6 Å². The van der Waals surface area contributed by atoms with Crippen LogP contribution in [-0.2, 0) is 14.3 Å². The van der Waals surface area contributed by atoms with Gasteiger partial charge in [-0.15, -0.1) is 0 Å². The summed E-state index contributed by atoms with van der Waals surface area (Å²) < 4.78 is 11.1. The molecule has 0 bridgehead atoms. The van der Waals surface area contributed by atoms with Crippen molar-refractivity contribution >= 4 is 11.8 Å². The smallest absolute Gasteiger partial charge is 0.248 e. The number of ether oxygens (including phenoxy) is 2. The van der Waals surface area contributed by atoms with Crippen LogP contribution >= 0.6 is 0 Å². The molecule has 1 aromatic carbocycles. The first-order chi connectivity index (χ1) is 12.0. The third-order valence-electron chi connectivity index (χ3n) is 4.79. The zero-order valence-corrected chi connectivity index (χ0v) is 15.6. The number of nitrogens with zero attached hydrogens (tertiary/aromatic N) is 1. The van der Waals surface area contributed by atoms with Gasteiger partial charge in [0.05, 0.1) is 19.6 Å². The minimum Gasteiger partial charge on any atom is -0.493 e. The van der Waals surface area contributed by atoms with E-state index in [1.807, 2.05) is 32.0 Å². The van der Waals surface area contributed by atoms with Crippen molar-refractivity contribution in [1.29, 1.82) is 0 Å². The van der Waals surface area contributed by atoms with E-state index < -0.39 is 5.54 Å². The minimum absolute atomic E-state index is 0.0793. The summed E-state index contributed by atoms with van der Waals surface area (Å²) in [5, 5.41) is 2.67. The first-order valence-corrected chi connectivity index (χ1v) is 8.67. The molecule has 25 heavy (non-hydrogen) atoms. The van der Waals surface area contributed by atoms with Crippen molar-refractivity contribution in [1.82, 2.24) is 10.2 Å². The van der Waals surface area contributed by atoms with Gasteiger partial charge in [0.1, 0.15) is 11.3 Å². The topological polar surface area (TPSA) is 67.9 Å². The normalized spacial score (nSPS) is 19.8. The van der Waals surface area contributed by atoms with Crippen LogP contribution in [0, 0.1) is 13.8 Å². The summed E-state index contributed by atoms with van der Waals surface area (Å²) in [5.41, 5.74) is 1.19. The van der Waals surface area contributed by atoms with Crippen molar-refractivity contribution in [3.05, 3.63) is 29.3 Å². The van der Waals surface area contributed by atoms with Gasteiger partial charge >= 0.3 is 0 Å². The standard InChI is InChI=1S/C19H28N2O4/c1-14-7-5-8-15(2)17(14)25-12-9-16(22)21-11-6-10-19(21,13-24-4)18(23)20-3/h5,7-8H,6,9-13H2,1-4H3,(H,20,23). The van der Waals surface area contributed by atoms with Crippen molar-refractivity contribution in [2.75, 3.05) is 33.9 Å². The molecule has 2 rings (SSSR count). The highest BCUT2D eigenvalue weighted by molar-refractivity contribution is 5.92. The molecular weight excluding hydrogens is 320 g/mol. The Morgan fingerprint density at radius 3 is 2.56 bits per heavy atom. The molecule has 6 nitrogen and oxygen atoms in total. The van der Waals surface area contributed by atoms with Gasteiger partial charge in [-0.3, -0.25) is 9.59 Å². The Hall–Kier alpha value is -2.08. The number of likely N-dealkylation sites (tertiary alicyclic amines) is 1. The summed E-state index contributed by atoms with van der Waals surface area (Å²) in [4.78, 5) is 26.8. The van der Waals surface area contributed by atoms with Crippen LogP contribution < -0.4 is 10.1 Å². The van der Waals surface area contributed by atoms with E-state index in [1.165, 1.54) is 0 Å². The Bertz CT molecular complexity index is 612. The highest BCUT2D eigenvalue weighted by atomic mass is 16.5.